The number of nitrogens with one attached hydrogen (secondary N) is 1. The molecular formula is C22H31N5O2S. The fourth-order valence-corrected chi connectivity index (χ4v) is 4.07. The van der Waals surface area contributed by atoms with Crippen molar-refractivity contribution in [3.8, 4) is 0 Å². The molecule has 1 aromatic heterocycles. The first-order chi connectivity index (χ1) is 14.6. The number of hydrogen-bond donors (Lipinski definition) is 1. The highest BCUT2D eigenvalue weighted by atomic mass is 32.1. The van der Waals surface area contributed by atoms with Crippen molar-refractivity contribution in [2.24, 2.45) is 4.99 Å². The van der Waals surface area contributed by atoms with Gasteiger partial charge in [-0.1, -0.05) is 30.3 Å². The Balaban J connectivity index is 1.77. The van der Waals surface area contributed by atoms with Gasteiger partial charge in [-0.3, -0.25) is 9.79 Å². The maximum atomic E-state index is 13.3. The SMILES string of the molecule is CCNC(=NCC(C(=O)N1CCOCC1)c1ccccc1)N(C)Cc1csc(C)n1. The van der Waals surface area contributed by atoms with Crippen LogP contribution < -0.4 is 5.32 Å². The molecule has 162 valence electrons. The molecule has 1 amide bonds. The first-order valence-corrected chi connectivity index (χ1v) is 11.3. The molecule has 2 aromatic rings. The van der Waals surface area contributed by atoms with Crippen LogP contribution in [-0.4, -0.2) is 73.1 Å². The van der Waals surface area contributed by atoms with Gasteiger partial charge in [0, 0.05) is 32.1 Å². The number of nitrogens with zero attached hydrogens (tertiary/aromatic N) is 4. The van der Waals surface area contributed by atoms with E-state index in [2.05, 4.69) is 20.6 Å². The number of aryl methyl sites for hydroxylation is 1. The highest BCUT2D eigenvalue weighted by Crippen LogP contribution is 2.20. The van der Waals surface area contributed by atoms with Gasteiger partial charge in [0.15, 0.2) is 5.96 Å². The second-order valence-corrected chi connectivity index (χ2v) is 8.37. The lowest BCUT2D eigenvalue weighted by Gasteiger charge is -2.30. The normalized spacial score (nSPS) is 15.7. The Morgan fingerprint density at radius 1 is 1.33 bits per heavy atom. The summed E-state index contributed by atoms with van der Waals surface area (Å²) in [7, 11) is 2.00. The maximum absolute atomic E-state index is 13.3. The Labute approximate surface area is 182 Å². The van der Waals surface area contributed by atoms with Gasteiger partial charge in [0.25, 0.3) is 0 Å². The van der Waals surface area contributed by atoms with E-state index < -0.39 is 0 Å². The number of carbonyl (C=O) groups excluding carboxylic acids is 1. The van der Waals surface area contributed by atoms with Crippen LogP contribution in [0.4, 0.5) is 0 Å². The summed E-state index contributed by atoms with van der Waals surface area (Å²) < 4.78 is 5.41. The van der Waals surface area contributed by atoms with Crippen LogP contribution in [0.25, 0.3) is 0 Å². The quantitative estimate of drug-likeness (QED) is 0.541. The van der Waals surface area contributed by atoms with Crippen molar-refractivity contribution in [2.75, 3.05) is 46.4 Å². The van der Waals surface area contributed by atoms with E-state index in [0.29, 0.717) is 39.4 Å². The molecule has 0 spiro atoms. The first-order valence-electron chi connectivity index (χ1n) is 10.4. The molecule has 1 N–H and O–H groups in total. The van der Waals surface area contributed by atoms with Crippen LogP contribution in [0.15, 0.2) is 40.7 Å². The summed E-state index contributed by atoms with van der Waals surface area (Å²) in [4.78, 5) is 26.6. The molecule has 2 heterocycles. The maximum Gasteiger partial charge on any atom is 0.232 e. The molecule has 7 nitrogen and oxygen atoms in total. The minimum Gasteiger partial charge on any atom is -0.378 e. The second-order valence-electron chi connectivity index (χ2n) is 7.31. The van der Waals surface area contributed by atoms with E-state index in [-0.39, 0.29) is 11.8 Å². The minimum atomic E-state index is -0.312. The first kappa shape index (κ1) is 22.2. The number of rotatable bonds is 7. The number of guanidine groups is 1. The Morgan fingerprint density at radius 2 is 2.07 bits per heavy atom. The van der Waals surface area contributed by atoms with Gasteiger partial charge >= 0.3 is 0 Å². The molecule has 3 rings (SSSR count). The van der Waals surface area contributed by atoms with Crippen molar-refractivity contribution in [3.63, 3.8) is 0 Å². The molecule has 8 heteroatoms. The van der Waals surface area contributed by atoms with E-state index in [1.807, 2.05) is 56.1 Å². The van der Waals surface area contributed by atoms with Gasteiger partial charge in [0.05, 0.1) is 42.9 Å². The summed E-state index contributed by atoms with van der Waals surface area (Å²) in [5.74, 6) is 0.577. The number of thiazole rings is 1. The summed E-state index contributed by atoms with van der Waals surface area (Å²) >= 11 is 1.65. The molecule has 30 heavy (non-hydrogen) atoms. The fraction of sp³-hybridized carbons (Fsp3) is 0.500. The standard InChI is InChI=1S/C22H31N5O2S/c1-4-23-22(26(3)15-19-16-30-17(2)25-19)24-14-20(18-8-6-5-7-9-18)21(28)27-10-12-29-13-11-27/h5-9,16,20H,4,10-15H2,1-3H3,(H,23,24). The molecular weight excluding hydrogens is 398 g/mol. The average molecular weight is 430 g/mol. The zero-order chi connectivity index (χ0) is 21.3. The van der Waals surface area contributed by atoms with Gasteiger partial charge in [-0.05, 0) is 19.4 Å². The molecule has 0 radical (unpaired) electrons. The van der Waals surface area contributed by atoms with E-state index in [9.17, 15) is 4.79 Å². The molecule has 1 aliphatic heterocycles. The van der Waals surface area contributed by atoms with Crippen LogP contribution >= 0.6 is 11.3 Å². The van der Waals surface area contributed by atoms with Crippen molar-refractivity contribution < 1.29 is 9.53 Å². The van der Waals surface area contributed by atoms with Crippen LogP contribution in [0.3, 0.4) is 0 Å². The van der Waals surface area contributed by atoms with E-state index in [1.54, 1.807) is 11.3 Å². The number of morpholine rings is 1. The predicted molar refractivity (Wildman–Crippen MR) is 121 cm³/mol. The highest BCUT2D eigenvalue weighted by Gasteiger charge is 2.27. The Kier molecular flexibility index (Phi) is 8.21. The third kappa shape index (κ3) is 6.03. The third-order valence-electron chi connectivity index (χ3n) is 5.01. The molecule has 0 saturated carbocycles. The van der Waals surface area contributed by atoms with E-state index >= 15 is 0 Å². The smallest absolute Gasteiger partial charge is 0.232 e. The van der Waals surface area contributed by atoms with Crippen molar-refractivity contribution in [1.29, 1.82) is 0 Å². The summed E-state index contributed by atoms with van der Waals surface area (Å²) in [5.41, 5.74) is 2.01. The number of ether oxygens (including phenoxy) is 1. The number of hydrogen-bond acceptors (Lipinski definition) is 5. The topological polar surface area (TPSA) is 70.1 Å². The van der Waals surface area contributed by atoms with Gasteiger partial charge < -0.3 is 19.9 Å². The van der Waals surface area contributed by atoms with Gasteiger partial charge in [0.1, 0.15) is 0 Å². The molecule has 1 aromatic carbocycles. The van der Waals surface area contributed by atoms with Crippen molar-refractivity contribution in [3.05, 3.63) is 52.0 Å². The van der Waals surface area contributed by atoms with Crippen molar-refractivity contribution >= 4 is 23.2 Å². The lowest BCUT2D eigenvalue weighted by molar-refractivity contribution is -0.136. The highest BCUT2D eigenvalue weighted by molar-refractivity contribution is 7.09. The zero-order valence-corrected chi connectivity index (χ0v) is 18.8. The van der Waals surface area contributed by atoms with Crippen LogP contribution in [0.2, 0.25) is 0 Å². The second kappa shape index (κ2) is 11.1. The van der Waals surface area contributed by atoms with Crippen LogP contribution in [-0.2, 0) is 16.1 Å². The van der Waals surface area contributed by atoms with Gasteiger partial charge in [-0.25, -0.2) is 4.98 Å². The van der Waals surface area contributed by atoms with Crippen LogP contribution in [0.5, 0.6) is 0 Å². The van der Waals surface area contributed by atoms with Crippen molar-refractivity contribution in [1.82, 2.24) is 20.1 Å². The molecule has 0 aliphatic carbocycles. The summed E-state index contributed by atoms with van der Waals surface area (Å²) in [6, 6.07) is 9.93. The summed E-state index contributed by atoms with van der Waals surface area (Å²) in [5, 5.41) is 6.47. The van der Waals surface area contributed by atoms with E-state index in [4.69, 9.17) is 9.73 Å². The van der Waals surface area contributed by atoms with Crippen molar-refractivity contribution in [2.45, 2.75) is 26.3 Å². The number of carbonyl (C=O) groups is 1. The zero-order valence-electron chi connectivity index (χ0n) is 18.0. The van der Waals surface area contributed by atoms with E-state index in [1.165, 1.54) is 0 Å². The lowest BCUT2D eigenvalue weighted by Crippen LogP contribution is -2.44. The number of aliphatic imine (C=N–C) groups is 1. The van der Waals surface area contributed by atoms with E-state index in [0.717, 1.165) is 28.8 Å². The minimum absolute atomic E-state index is 0.113. The Hall–Kier alpha value is -2.45. The van der Waals surface area contributed by atoms with Crippen LogP contribution in [0, 0.1) is 6.92 Å². The molecule has 1 fully saturated rings. The average Bonchev–Trinajstić information content (AvgIpc) is 3.18. The molecule has 1 atom stereocenters. The number of benzene rings is 1. The molecule has 0 bridgehead atoms. The van der Waals surface area contributed by atoms with Gasteiger partial charge in [0.2, 0.25) is 5.91 Å². The predicted octanol–water partition coefficient (Wildman–Crippen LogP) is 2.49. The monoisotopic (exact) mass is 429 g/mol. The summed E-state index contributed by atoms with van der Waals surface area (Å²) in [6.45, 7) is 8.33. The summed E-state index contributed by atoms with van der Waals surface area (Å²) in [6.07, 6.45) is 0. The number of aromatic nitrogens is 1. The lowest BCUT2D eigenvalue weighted by atomic mass is 9.97. The molecule has 1 aliphatic rings. The number of amides is 1. The van der Waals surface area contributed by atoms with Gasteiger partial charge in [-0.15, -0.1) is 11.3 Å². The molecule has 1 saturated heterocycles. The Bertz CT molecular complexity index is 833. The fourth-order valence-electron chi connectivity index (χ4n) is 3.46. The van der Waals surface area contributed by atoms with Crippen LogP contribution in [0.1, 0.15) is 29.1 Å². The van der Waals surface area contributed by atoms with Gasteiger partial charge in [-0.2, -0.15) is 0 Å². The largest absolute Gasteiger partial charge is 0.378 e. The third-order valence-corrected chi connectivity index (χ3v) is 5.83. The molecule has 1 unspecified atom stereocenters. The Morgan fingerprint density at radius 3 is 2.70 bits per heavy atom.